The zero-order valence-electron chi connectivity index (χ0n) is 11.0. The highest BCUT2D eigenvalue weighted by Gasteiger charge is 2.17. The van der Waals surface area contributed by atoms with Gasteiger partial charge in [-0.15, -0.1) is 11.3 Å². The Morgan fingerprint density at radius 1 is 1.38 bits per heavy atom. The van der Waals surface area contributed by atoms with Gasteiger partial charge >= 0.3 is 0 Å². The molecule has 0 aliphatic carbocycles. The summed E-state index contributed by atoms with van der Waals surface area (Å²) in [6, 6.07) is 7.41. The van der Waals surface area contributed by atoms with E-state index in [0.717, 1.165) is 0 Å². The van der Waals surface area contributed by atoms with Crippen LogP contribution in [0.3, 0.4) is 0 Å². The molecule has 1 amide bonds. The molecular weight excluding hydrogens is 332 g/mol. The molecule has 1 heterocycles. The highest BCUT2D eigenvalue weighted by molar-refractivity contribution is 7.89. The molecule has 5 nitrogen and oxygen atoms in total. The van der Waals surface area contributed by atoms with Gasteiger partial charge in [0.2, 0.25) is 10.0 Å². The lowest BCUT2D eigenvalue weighted by molar-refractivity contribution is 0.0944. The van der Waals surface area contributed by atoms with Crippen LogP contribution in [0.2, 0.25) is 5.02 Å². The van der Waals surface area contributed by atoms with Crippen molar-refractivity contribution >= 4 is 38.9 Å². The molecule has 0 bridgehead atoms. The molecule has 0 saturated heterocycles. The van der Waals surface area contributed by atoms with Gasteiger partial charge in [0.05, 0.1) is 16.0 Å². The van der Waals surface area contributed by atoms with E-state index in [4.69, 9.17) is 16.7 Å². The molecule has 0 radical (unpaired) electrons. The summed E-state index contributed by atoms with van der Waals surface area (Å²) in [6.45, 7) is 1.75. The average molecular weight is 345 g/mol. The first-order valence-electron chi connectivity index (χ1n) is 5.95. The van der Waals surface area contributed by atoms with E-state index in [0.29, 0.717) is 15.5 Å². The van der Waals surface area contributed by atoms with Gasteiger partial charge < -0.3 is 5.32 Å². The number of carbonyl (C=O) groups is 1. The molecule has 1 aromatic heterocycles. The number of rotatable bonds is 4. The fourth-order valence-corrected chi connectivity index (χ4v) is 3.37. The molecule has 2 aromatic rings. The van der Waals surface area contributed by atoms with Crippen molar-refractivity contribution in [3.05, 3.63) is 51.2 Å². The lowest BCUT2D eigenvalue weighted by Crippen LogP contribution is -2.26. The first kappa shape index (κ1) is 16.0. The number of nitrogens with one attached hydrogen (secondary N) is 1. The maximum absolute atomic E-state index is 12.1. The zero-order chi connectivity index (χ0) is 15.6. The predicted molar refractivity (Wildman–Crippen MR) is 83.0 cm³/mol. The number of hydrogen-bond donors (Lipinski definition) is 2. The SMILES string of the molecule is C[C@@H](NC(=O)c1sccc1Cl)c1cccc(S(N)(=O)=O)c1. The Labute approximate surface area is 131 Å². The molecule has 2 rings (SSSR count). The van der Waals surface area contributed by atoms with E-state index in [-0.39, 0.29) is 16.8 Å². The Morgan fingerprint density at radius 3 is 2.67 bits per heavy atom. The van der Waals surface area contributed by atoms with Crippen molar-refractivity contribution in [2.75, 3.05) is 0 Å². The van der Waals surface area contributed by atoms with Gasteiger partial charge in [0.1, 0.15) is 4.88 Å². The number of thiophene rings is 1. The van der Waals surface area contributed by atoms with Crippen molar-refractivity contribution in [2.45, 2.75) is 17.9 Å². The van der Waals surface area contributed by atoms with Gasteiger partial charge in [-0.25, -0.2) is 13.6 Å². The first-order valence-corrected chi connectivity index (χ1v) is 8.76. The number of sulfonamides is 1. The lowest BCUT2D eigenvalue weighted by Gasteiger charge is -2.14. The normalized spacial score (nSPS) is 12.9. The molecule has 0 saturated carbocycles. The van der Waals surface area contributed by atoms with E-state index >= 15 is 0 Å². The summed E-state index contributed by atoms with van der Waals surface area (Å²) in [5, 5.41) is 9.98. The van der Waals surface area contributed by atoms with Crippen LogP contribution < -0.4 is 10.5 Å². The van der Waals surface area contributed by atoms with E-state index in [2.05, 4.69) is 5.32 Å². The lowest BCUT2D eigenvalue weighted by atomic mass is 10.1. The van der Waals surface area contributed by atoms with Crippen molar-refractivity contribution in [1.29, 1.82) is 0 Å². The summed E-state index contributed by atoms with van der Waals surface area (Å²) in [5.41, 5.74) is 0.641. The number of primary sulfonamides is 1. The maximum Gasteiger partial charge on any atom is 0.263 e. The first-order chi connectivity index (χ1) is 9.79. The topological polar surface area (TPSA) is 89.3 Å². The van der Waals surface area contributed by atoms with Crippen LogP contribution in [0.4, 0.5) is 0 Å². The zero-order valence-corrected chi connectivity index (χ0v) is 13.4. The van der Waals surface area contributed by atoms with Crippen molar-refractivity contribution in [1.82, 2.24) is 5.32 Å². The standard InChI is InChI=1S/C13H13ClN2O3S2/c1-8(16-13(17)12-11(14)5-6-20-12)9-3-2-4-10(7-9)21(15,18)19/h2-8H,1H3,(H,16,17)(H2,15,18,19)/t8-/m1/s1. The minimum atomic E-state index is -3.77. The van der Waals surface area contributed by atoms with Gasteiger partial charge in [-0.05, 0) is 36.1 Å². The number of hydrogen-bond acceptors (Lipinski definition) is 4. The van der Waals surface area contributed by atoms with E-state index in [1.165, 1.54) is 23.5 Å². The molecule has 0 aliphatic heterocycles. The Balaban J connectivity index is 2.19. The van der Waals surface area contributed by atoms with E-state index in [1.54, 1.807) is 30.5 Å². The maximum atomic E-state index is 12.1. The number of benzene rings is 1. The van der Waals surface area contributed by atoms with Gasteiger partial charge in [0, 0.05) is 0 Å². The van der Waals surface area contributed by atoms with Crippen LogP contribution in [0.25, 0.3) is 0 Å². The summed E-state index contributed by atoms with van der Waals surface area (Å²) in [6.07, 6.45) is 0. The third kappa shape index (κ3) is 3.82. The van der Waals surface area contributed by atoms with Gasteiger partial charge in [0.15, 0.2) is 0 Å². The van der Waals surface area contributed by atoms with E-state index < -0.39 is 10.0 Å². The monoisotopic (exact) mass is 344 g/mol. The van der Waals surface area contributed by atoms with E-state index in [1.807, 2.05) is 0 Å². The summed E-state index contributed by atoms with van der Waals surface area (Å²) in [7, 11) is -3.77. The molecular formula is C13H13ClN2O3S2. The van der Waals surface area contributed by atoms with Gasteiger partial charge in [-0.1, -0.05) is 23.7 Å². The smallest absolute Gasteiger partial charge is 0.263 e. The Kier molecular flexibility index (Phi) is 4.67. The van der Waals surface area contributed by atoms with Gasteiger partial charge in [-0.2, -0.15) is 0 Å². The molecule has 21 heavy (non-hydrogen) atoms. The van der Waals surface area contributed by atoms with Crippen molar-refractivity contribution in [2.24, 2.45) is 5.14 Å². The molecule has 0 spiro atoms. The largest absolute Gasteiger partial charge is 0.345 e. The third-order valence-corrected chi connectivity index (χ3v) is 5.11. The second kappa shape index (κ2) is 6.15. The highest BCUT2D eigenvalue weighted by atomic mass is 35.5. The Hall–Kier alpha value is -1.41. The minimum Gasteiger partial charge on any atom is -0.345 e. The Bertz CT molecular complexity index is 771. The van der Waals surface area contributed by atoms with Crippen LogP contribution in [0.15, 0.2) is 40.6 Å². The molecule has 3 N–H and O–H groups in total. The molecule has 0 fully saturated rings. The molecule has 1 atom stereocenters. The second-order valence-corrected chi connectivity index (χ2v) is 7.30. The fraction of sp³-hybridized carbons (Fsp3) is 0.154. The second-order valence-electron chi connectivity index (χ2n) is 4.41. The van der Waals surface area contributed by atoms with Crippen LogP contribution in [-0.2, 0) is 10.0 Å². The number of carbonyl (C=O) groups excluding carboxylic acids is 1. The van der Waals surface area contributed by atoms with Crippen molar-refractivity contribution in [3.8, 4) is 0 Å². The summed E-state index contributed by atoms with van der Waals surface area (Å²) >= 11 is 7.15. The van der Waals surface area contributed by atoms with Crippen molar-refractivity contribution in [3.63, 3.8) is 0 Å². The van der Waals surface area contributed by atoms with Crippen LogP contribution in [0.5, 0.6) is 0 Å². The van der Waals surface area contributed by atoms with Crippen LogP contribution in [0, 0.1) is 0 Å². The molecule has 8 heteroatoms. The van der Waals surface area contributed by atoms with Gasteiger partial charge in [0.25, 0.3) is 5.91 Å². The highest BCUT2D eigenvalue weighted by Crippen LogP contribution is 2.23. The third-order valence-electron chi connectivity index (χ3n) is 2.86. The quantitative estimate of drug-likeness (QED) is 0.893. The number of halogens is 1. The van der Waals surface area contributed by atoms with Gasteiger partial charge in [-0.3, -0.25) is 4.79 Å². The summed E-state index contributed by atoms with van der Waals surface area (Å²) < 4.78 is 22.7. The van der Waals surface area contributed by atoms with E-state index in [9.17, 15) is 13.2 Å². The fourth-order valence-electron chi connectivity index (χ4n) is 1.76. The number of nitrogens with two attached hydrogens (primary N) is 1. The molecule has 1 aromatic carbocycles. The van der Waals surface area contributed by atoms with Crippen LogP contribution >= 0.6 is 22.9 Å². The molecule has 0 aliphatic rings. The number of amides is 1. The average Bonchev–Trinajstić information content (AvgIpc) is 2.84. The van der Waals surface area contributed by atoms with Crippen LogP contribution in [0.1, 0.15) is 28.2 Å². The summed E-state index contributed by atoms with van der Waals surface area (Å²) in [5.74, 6) is -0.302. The van der Waals surface area contributed by atoms with Crippen LogP contribution in [-0.4, -0.2) is 14.3 Å². The molecule has 0 unspecified atom stereocenters. The minimum absolute atomic E-state index is 0.00950. The Morgan fingerprint density at radius 2 is 2.10 bits per heavy atom. The predicted octanol–water partition coefficient (Wildman–Crippen LogP) is 2.54. The summed E-state index contributed by atoms with van der Waals surface area (Å²) in [4.78, 5) is 12.5. The van der Waals surface area contributed by atoms with Crippen molar-refractivity contribution < 1.29 is 13.2 Å². The molecule has 112 valence electrons.